The fraction of sp³-hybridized carbons (Fsp3) is 0.579. The predicted octanol–water partition coefficient (Wildman–Crippen LogP) is 4.66. The molecular formula is C19H31NO2SSi. The van der Waals surface area contributed by atoms with Gasteiger partial charge in [0.2, 0.25) is 0 Å². The molecule has 3 nitrogen and oxygen atoms in total. The van der Waals surface area contributed by atoms with Crippen molar-refractivity contribution in [3.8, 4) is 0 Å². The number of carbonyl (C=O) groups is 1. The van der Waals surface area contributed by atoms with Crippen LogP contribution in [0.25, 0.3) is 0 Å². The van der Waals surface area contributed by atoms with Crippen molar-refractivity contribution in [1.82, 2.24) is 5.32 Å². The Morgan fingerprint density at radius 1 is 1.21 bits per heavy atom. The highest BCUT2D eigenvalue weighted by atomic mass is 32.1. The molecule has 0 unspecified atom stereocenters. The highest BCUT2D eigenvalue weighted by molar-refractivity contribution is 7.80. The third kappa shape index (κ3) is 8.06. The van der Waals surface area contributed by atoms with Crippen molar-refractivity contribution >= 4 is 31.2 Å². The number of esters is 1. The molecule has 1 rings (SSSR count). The summed E-state index contributed by atoms with van der Waals surface area (Å²) in [4.78, 5) is 12.7. The Labute approximate surface area is 153 Å². The topological polar surface area (TPSA) is 38.3 Å². The average molecular weight is 366 g/mol. The van der Waals surface area contributed by atoms with Crippen LogP contribution in [0.5, 0.6) is 0 Å². The number of rotatable bonds is 6. The molecule has 0 aromatic heterocycles. The van der Waals surface area contributed by atoms with Crippen LogP contribution >= 0.6 is 12.2 Å². The molecule has 0 heterocycles. The summed E-state index contributed by atoms with van der Waals surface area (Å²) in [7, 11) is -1.17. The molecule has 1 N–H and O–H groups in total. The van der Waals surface area contributed by atoms with E-state index >= 15 is 0 Å². The van der Waals surface area contributed by atoms with Gasteiger partial charge in [0.15, 0.2) is 0 Å². The van der Waals surface area contributed by atoms with Gasteiger partial charge in [-0.05, 0) is 32.3 Å². The Hall–Kier alpha value is -1.20. The minimum atomic E-state index is -1.17. The molecule has 24 heavy (non-hydrogen) atoms. The molecule has 0 saturated heterocycles. The van der Waals surface area contributed by atoms with Gasteiger partial charge in [-0.3, -0.25) is 4.79 Å². The second-order valence-electron chi connectivity index (χ2n) is 8.56. The number of benzene rings is 1. The molecule has 0 fully saturated rings. The summed E-state index contributed by atoms with van der Waals surface area (Å²) < 4.78 is 5.39. The first-order valence-electron chi connectivity index (χ1n) is 8.47. The fourth-order valence-corrected chi connectivity index (χ4v) is 3.21. The summed E-state index contributed by atoms with van der Waals surface area (Å²) in [6, 6.07) is 8.15. The zero-order valence-electron chi connectivity index (χ0n) is 16.0. The van der Waals surface area contributed by atoms with E-state index in [4.69, 9.17) is 17.0 Å². The summed E-state index contributed by atoms with van der Waals surface area (Å²) in [6.45, 7) is 14.6. The van der Waals surface area contributed by atoms with E-state index in [1.54, 1.807) is 0 Å². The summed E-state index contributed by atoms with van der Waals surface area (Å²) in [6.07, 6.45) is 1.36. The van der Waals surface area contributed by atoms with E-state index in [0.29, 0.717) is 6.42 Å². The summed E-state index contributed by atoms with van der Waals surface area (Å²) in [5.41, 5.74) is 1.71. The monoisotopic (exact) mass is 365 g/mol. The second kappa shape index (κ2) is 8.25. The highest BCUT2D eigenvalue weighted by Crippen LogP contribution is 2.21. The highest BCUT2D eigenvalue weighted by Gasteiger charge is 2.19. The minimum absolute atomic E-state index is 0.123. The van der Waals surface area contributed by atoms with Gasteiger partial charge >= 0.3 is 5.97 Å². The van der Waals surface area contributed by atoms with Gasteiger partial charge in [0.05, 0.1) is 14.5 Å². The third-order valence-corrected chi connectivity index (χ3v) is 5.03. The van der Waals surface area contributed by atoms with Crippen LogP contribution in [0, 0.1) is 0 Å². The van der Waals surface area contributed by atoms with Crippen LogP contribution in [0.4, 0.5) is 0 Å². The van der Waals surface area contributed by atoms with Gasteiger partial charge < -0.3 is 10.1 Å². The molecule has 1 aromatic carbocycles. The molecule has 0 spiro atoms. The van der Waals surface area contributed by atoms with Crippen molar-refractivity contribution in [2.75, 3.05) is 6.17 Å². The maximum absolute atomic E-state index is 11.9. The Morgan fingerprint density at radius 2 is 1.75 bits per heavy atom. The first-order chi connectivity index (χ1) is 10.9. The lowest BCUT2D eigenvalue weighted by Crippen LogP contribution is -2.39. The van der Waals surface area contributed by atoms with Crippen LogP contribution in [-0.2, 0) is 9.53 Å². The van der Waals surface area contributed by atoms with Crippen molar-refractivity contribution in [1.29, 1.82) is 0 Å². The van der Waals surface area contributed by atoms with E-state index in [2.05, 4.69) is 25.0 Å². The van der Waals surface area contributed by atoms with Crippen LogP contribution in [0.3, 0.4) is 0 Å². The summed E-state index contributed by atoms with van der Waals surface area (Å²) in [5, 5.41) is 3.36. The van der Waals surface area contributed by atoms with Gasteiger partial charge in [0.1, 0.15) is 10.6 Å². The number of nitrogens with one attached hydrogen (secondary N) is 1. The zero-order valence-corrected chi connectivity index (χ0v) is 17.8. The Morgan fingerprint density at radius 3 is 2.21 bits per heavy atom. The number of thiocarbonyl (C=S) groups is 1. The largest absolute Gasteiger partial charge is 0.460 e. The molecule has 134 valence electrons. The van der Waals surface area contributed by atoms with E-state index in [0.717, 1.165) is 22.3 Å². The molecule has 0 aliphatic rings. The Balaban J connectivity index is 2.63. The third-order valence-electron chi connectivity index (χ3n) is 3.41. The molecule has 1 atom stereocenters. The van der Waals surface area contributed by atoms with Crippen LogP contribution in [0.2, 0.25) is 19.6 Å². The van der Waals surface area contributed by atoms with E-state index < -0.39 is 13.7 Å². The molecule has 0 bridgehead atoms. The van der Waals surface area contributed by atoms with Gasteiger partial charge in [-0.15, -0.1) is 0 Å². The smallest absolute Gasteiger partial charge is 0.306 e. The molecule has 0 aliphatic carbocycles. The number of hydrogen-bond donors (Lipinski definition) is 1. The van der Waals surface area contributed by atoms with E-state index in [1.165, 1.54) is 0 Å². The van der Waals surface area contributed by atoms with E-state index in [-0.39, 0.29) is 11.9 Å². The fourth-order valence-electron chi connectivity index (χ4n) is 2.16. The van der Waals surface area contributed by atoms with Crippen molar-refractivity contribution in [3.63, 3.8) is 0 Å². The van der Waals surface area contributed by atoms with Crippen LogP contribution in [0.15, 0.2) is 24.3 Å². The molecule has 0 amide bonds. The molecule has 0 radical (unpaired) electrons. The van der Waals surface area contributed by atoms with Gasteiger partial charge in [-0.2, -0.15) is 0 Å². The summed E-state index contributed by atoms with van der Waals surface area (Å²) in [5.74, 6) is -0.0381. The van der Waals surface area contributed by atoms with Crippen molar-refractivity contribution < 1.29 is 9.53 Å². The number of ether oxygens (including phenoxy) is 1. The van der Waals surface area contributed by atoms with Crippen LogP contribution < -0.4 is 5.32 Å². The van der Waals surface area contributed by atoms with Gasteiger partial charge in [-0.1, -0.05) is 63.0 Å². The number of carbonyl (C=O) groups excluding carboxylic acids is 1. The molecule has 0 aliphatic heterocycles. The first kappa shape index (κ1) is 20.8. The second-order valence-corrected chi connectivity index (χ2v) is 14.4. The maximum atomic E-state index is 11.9. The molecule has 1 aromatic rings. The van der Waals surface area contributed by atoms with Crippen molar-refractivity contribution in [2.45, 2.75) is 65.3 Å². The summed E-state index contributed by atoms with van der Waals surface area (Å²) >= 11 is 5.46. The average Bonchev–Trinajstić information content (AvgIpc) is 2.42. The lowest BCUT2D eigenvalue weighted by Gasteiger charge is -2.21. The van der Waals surface area contributed by atoms with E-state index in [1.807, 2.05) is 52.0 Å². The normalized spacial score (nSPS) is 13.3. The molecule has 0 saturated carbocycles. The molecule has 5 heteroatoms. The van der Waals surface area contributed by atoms with Crippen LogP contribution in [0.1, 0.15) is 51.2 Å². The standard InChI is InChI=1S/C19H31NO2SSi/c1-14(12-17(21)22-19(2,3)4)15-8-10-16(11-9-15)18(23)20-13-24(5,6)7/h8-11,14H,12-13H2,1-7H3,(H,20,23)/t14-/m1/s1. The quantitative estimate of drug-likeness (QED) is 0.452. The van der Waals surface area contributed by atoms with Gasteiger partial charge in [-0.25, -0.2) is 0 Å². The Bertz CT molecular complexity index is 571. The van der Waals surface area contributed by atoms with Gasteiger partial charge in [0.25, 0.3) is 0 Å². The zero-order chi connectivity index (χ0) is 18.5. The van der Waals surface area contributed by atoms with Crippen LogP contribution in [-0.4, -0.2) is 30.8 Å². The predicted molar refractivity (Wildman–Crippen MR) is 108 cm³/mol. The molecular weight excluding hydrogens is 334 g/mol. The van der Waals surface area contributed by atoms with Crippen molar-refractivity contribution in [2.24, 2.45) is 0 Å². The van der Waals surface area contributed by atoms with Gasteiger partial charge in [0, 0.05) is 11.7 Å². The Kier molecular flexibility index (Phi) is 7.17. The minimum Gasteiger partial charge on any atom is -0.460 e. The number of hydrogen-bond acceptors (Lipinski definition) is 3. The lowest BCUT2D eigenvalue weighted by atomic mass is 9.96. The van der Waals surface area contributed by atoms with E-state index in [9.17, 15) is 4.79 Å². The SMILES string of the molecule is C[C@H](CC(=O)OC(C)(C)C)c1ccc(C(=S)NC[Si](C)(C)C)cc1. The van der Waals surface area contributed by atoms with Crippen molar-refractivity contribution in [3.05, 3.63) is 35.4 Å². The lowest BCUT2D eigenvalue weighted by molar-refractivity contribution is -0.155. The first-order valence-corrected chi connectivity index (χ1v) is 12.6. The maximum Gasteiger partial charge on any atom is 0.306 e.